The topological polar surface area (TPSA) is 34.6 Å². The number of imidazole rings is 2. The Morgan fingerprint density at radius 2 is 1.36 bits per heavy atom. The van der Waals surface area contributed by atoms with Gasteiger partial charge in [0.2, 0.25) is 0 Å². The zero-order chi connectivity index (χ0) is 14.8. The van der Waals surface area contributed by atoms with Crippen molar-refractivity contribution in [2.45, 2.75) is 13.8 Å². The molecule has 0 saturated heterocycles. The highest BCUT2D eigenvalue weighted by atomic mass is 15.1. The van der Waals surface area contributed by atoms with E-state index in [1.165, 1.54) is 0 Å². The van der Waals surface area contributed by atoms with Crippen molar-refractivity contribution < 1.29 is 0 Å². The first-order chi connectivity index (χ1) is 10.8. The molecule has 3 heterocycles. The van der Waals surface area contributed by atoms with Crippen LogP contribution in [0.15, 0.2) is 48.5 Å². The summed E-state index contributed by atoms with van der Waals surface area (Å²) in [6.07, 6.45) is 0. The van der Waals surface area contributed by atoms with Gasteiger partial charge in [0.15, 0.2) is 5.65 Å². The van der Waals surface area contributed by atoms with Crippen LogP contribution in [-0.4, -0.2) is 18.8 Å². The molecule has 0 aliphatic carbocycles. The standard InChI is InChI=1S/C18H14N4/c1-11-17-18-20-13-7-3-4-8-14(13)22(18)16-10-6-5-9-15(16)21(17)12(2)19-11/h3-10H,1-2H3. The lowest BCUT2D eigenvalue weighted by Gasteiger charge is -2.08. The molecule has 5 aromatic rings. The van der Waals surface area contributed by atoms with E-state index in [1.807, 2.05) is 13.0 Å². The second-order valence-corrected chi connectivity index (χ2v) is 5.68. The number of nitrogens with zero attached hydrogens (tertiary/aromatic N) is 4. The maximum absolute atomic E-state index is 4.87. The Morgan fingerprint density at radius 3 is 2.14 bits per heavy atom. The Labute approximate surface area is 126 Å². The third kappa shape index (κ3) is 1.27. The first-order valence-electron chi connectivity index (χ1n) is 7.39. The summed E-state index contributed by atoms with van der Waals surface area (Å²) in [4.78, 5) is 9.54. The number of hydrogen-bond acceptors (Lipinski definition) is 2. The molecule has 4 heteroatoms. The maximum atomic E-state index is 4.87. The Morgan fingerprint density at radius 1 is 0.727 bits per heavy atom. The van der Waals surface area contributed by atoms with Crippen LogP contribution in [0.5, 0.6) is 0 Å². The fraction of sp³-hybridized carbons (Fsp3) is 0.111. The lowest BCUT2D eigenvalue weighted by Crippen LogP contribution is -1.98. The third-order valence-electron chi connectivity index (χ3n) is 4.36. The first-order valence-corrected chi connectivity index (χ1v) is 7.39. The number of benzene rings is 2. The average Bonchev–Trinajstić information content (AvgIpc) is 3.05. The largest absolute Gasteiger partial charge is 0.291 e. The molecule has 0 radical (unpaired) electrons. The lowest BCUT2D eigenvalue weighted by atomic mass is 10.2. The van der Waals surface area contributed by atoms with Gasteiger partial charge in [0, 0.05) is 0 Å². The van der Waals surface area contributed by atoms with Gasteiger partial charge in [-0.25, -0.2) is 9.97 Å². The zero-order valence-electron chi connectivity index (χ0n) is 12.4. The molecular weight excluding hydrogens is 272 g/mol. The van der Waals surface area contributed by atoms with Gasteiger partial charge in [0.25, 0.3) is 0 Å². The minimum Gasteiger partial charge on any atom is -0.291 e. The van der Waals surface area contributed by atoms with Crippen LogP contribution in [0.3, 0.4) is 0 Å². The summed E-state index contributed by atoms with van der Waals surface area (Å²) in [5, 5.41) is 0. The molecule has 0 bridgehead atoms. The fourth-order valence-electron chi connectivity index (χ4n) is 3.50. The van der Waals surface area contributed by atoms with Crippen LogP contribution in [0.4, 0.5) is 0 Å². The Bertz CT molecular complexity index is 1190. The molecule has 0 fully saturated rings. The summed E-state index contributed by atoms with van der Waals surface area (Å²) >= 11 is 0. The minimum atomic E-state index is 0.970. The SMILES string of the molecule is Cc1nc(C)n2c3ccccc3n3c4ccccc4nc3c12. The highest BCUT2D eigenvalue weighted by Crippen LogP contribution is 2.29. The number of rotatable bonds is 0. The molecule has 3 aromatic heterocycles. The number of aromatic nitrogens is 4. The van der Waals surface area contributed by atoms with Crippen molar-refractivity contribution in [2.75, 3.05) is 0 Å². The fourth-order valence-corrected chi connectivity index (χ4v) is 3.50. The summed E-state index contributed by atoms with van der Waals surface area (Å²) in [5.41, 5.74) is 7.54. The summed E-state index contributed by atoms with van der Waals surface area (Å²) in [5.74, 6) is 0.998. The number of para-hydroxylation sites is 4. The molecule has 22 heavy (non-hydrogen) atoms. The van der Waals surface area contributed by atoms with Crippen LogP contribution in [0.2, 0.25) is 0 Å². The molecule has 5 rings (SSSR count). The van der Waals surface area contributed by atoms with Crippen LogP contribution in [0, 0.1) is 13.8 Å². The first kappa shape index (κ1) is 11.7. The van der Waals surface area contributed by atoms with E-state index in [4.69, 9.17) is 4.98 Å². The molecule has 0 spiro atoms. The molecule has 0 aliphatic rings. The average molecular weight is 286 g/mol. The van der Waals surface area contributed by atoms with Crippen molar-refractivity contribution in [1.29, 1.82) is 0 Å². The molecule has 0 atom stereocenters. The summed E-state index contributed by atoms with van der Waals surface area (Å²) < 4.78 is 4.46. The molecule has 0 aliphatic heterocycles. The van der Waals surface area contributed by atoms with Crippen molar-refractivity contribution in [3.63, 3.8) is 0 Å². The van der Waals surface area contributed by atoms with Gasteiger partial charge >= 0.3 is 0 Å². The van der Waals surface area contributed by atoms with Gasteiger partial charge in [-0.2, -0.15) is 0 Å². The molecule has 0 saturated carbocycles. The quantitative estimate of drug-likeness (QED) is 0.432. The predicted molar refractivity (Wildman–Crippen MR) is 88.4 cm³/mol. The van der Waals surface area contributed by atoms with Crippen molar-refractivity contribution in [3.05, 3.63) is 60.0 Å². The van der Waals surface area contributed by atoms with Crippen LogP contribution in [0.1, 0.15) is 11.5 Å². The van der Waals surface area contributed by atoms with E-state index < -0.39 is 0 Å². The molecule has 106 valence electrons. The van der Waals surface area contributed by atoms with Crippen LogP contribution < -0.4 is 0 Å². The van der Waals surface area contributed by atoms with E-state index in [9.17, 15) is 0 Å². The lowest BCUT2D eigenvalue weighted by molar-refractivity contribution is 1.06. The monoisotopic (exact) mass is 286 g/mol. The van der Waals surface area contributed by atoms with E-state index in [1.54, 1.807) is 0 Å². The van der Waals surface area contributed by atoms with Crippen molar-refractivity contribution in [2.24, 2.45) is 0 Å². The van der Waals surface area contributed by atoms with Crippen LogP contribution in [-0.2, 0) is 0 Å². The van der Waals surface area contributed by atoms with E-state index in [0.717, 1.165) is 44.7 Å². The minimum absolute atomic E-state index is 0.970. The second-order valence-electron chi connectivity index (χ2n) is 5.68. The van der Waals surface area contributed by atoms with E-state index in [2.05, 4.69) is 63.2 Å². The molecule has 0 N–H and O–H groups in total. The van der Waals surface area contributed by atoms with E-state index >= 15 is 0 Å². The molecule has 2 aromatic carbocycles. The normalized spacial score (nSPS) is 12.1. The van der Waals surface area contributed by atoms with Crippen molar-refractivity contribution >= 4 is 33.2 Å². The zero-order valence-corrected chi connectivity index (χ0v) is 12.4. The van der Waals surface area contributed by atoms with Crippen molar-refractivity contribution in [1.82, 2.24) is 18.8 Å². The van der Waals surface area contributed by atoms with Gasteiger partial charge in [0.05, 0.1) is 27.8 Å². The smallest absolute Gasteiger partial charge is 0.164 e. The number of fused-ring (bicyclic) bond motifs is 8. The highest BCUT2D eigenvalue weighted by Gasteiger charge is 2.17. The van der Waals surface area contributed by atoms with E-state index in [0.29, 0.717) is 0 Å². The highest BCUT2D eigenvalue weighted by molar-refractivity contribution is 5.96. The molecular formula is C18H14N4. The third-order valence-corrected chi connectivity index (χ3v) is 4.36. The van der Waals surface area contributed by atoms with Gasteiger partial charge in [-0.15, -0.1) is 0 Å². The second kappa shape index (κ2) is 3.85. The molecule has 0 unspecified atom stereocenters. The van der Waals surface area contributed by atoms with Gasteiger partial charge in [-0.3, -0.25) is 8.80 Å². The van der Waals surface area contributed by atoms with Crippen molar-refractivity contribution in [3.8, 4) is 0 Å². The maximum Gasteiger partial charge on any atom is 0.164 e. The van der Waals surface area contributed by atoms with Gasteiger partial charge in [0.1, 0.15) is 11.3 Å². The Hall–Kier alpha value is -2.88. The van der Waals surface area contributed by atoms with Gasteiger partial charge in [-0.05, 0) is 38.1 Å². The summed E-state index contributed by atoms with van der Waals surface area (Å²) in [6.45, 7) is 4.10. The van der Waals surface area contributed by atoms with Crippen LogP contribution in [0.25, 0.3) is 33.2 Å². The Balaban J connectivity index is 2.27. The summed E-state index contributed by atoms with van der Waals surface area (Å²) in [7, 11) is 0. The Kier molecular flexibility index (Phi) is 2.06. The number of hydrogen-bond donors (Lipinski definition) is 0. The molecule has 0 amide bonds. The van der Waals surface area contributed by atoms with Gasteiger partial charge in [-0.1, -0.05) is 24.3 Å². The van der Waals surface area contributed by atoms with Gasteiger partial charge < -0.3 is 0 Å². The van der Waals surface area contributed by atoms with Crippen LogP contribution >= 0.6 is 0 Å². The predicted octanol–water partition coefficient (Wildman–Crippen LogP) is 3.91. The molecule has 4 nitrogen and oxygen atoms in total. The summed E-state index contributed by atoms with van der Waals surface area (Å²) in [6, 6.07) is 16.7. The number of aryl methyl sites for hydroxylation is 2. The van der Waals surface area contributed by atoms with E-state index in [-0.39, 0.29) is 0 Å².